The normalized spacial score (nSPS) is 11.1. The number of benzene rings is 3. The first kappa shape index (κ1) is 18.6. The standard InChI is InChI=1S/C25H14O6/c26-17-12-6-4-10-15(17)22(28)24-19(21(27)14-8-2-1-3-9-14)20-23(31-24)16-11-5-7-13-18(16)30-25(20)29/h1-13,26H. The molecule has 31 heavy (non-hydrogen) atoms. The van der Waals surface area contributed by atoms with Gasteiger partial charge in [0, 0.05) is 5.56 Å². The maximum absolute atomic E-state index is 13.4. The Morgan fingerprint density at radius 3 is 2.19 bits per heavy atom. The third-order valence-electron chi connectivity index (χ3n) is 5.06. The van der Waals surface area contributed by atoms with Gasteiger partial charge in [0.15, 0.2) is 17.1 Å². The second-order valence-corrected chi connectivity index (χ2v) is 6.94. The summed E-state index contributed by atoms with van der Waals surface area (Å²) in [6.07, 6.45) is 0. The number of hydrogen-bond acceptors (Lipinski definition) is 6. The molecule has 150 valence electrons. The maximum atomic E-state index is 13.4. The van der Waals surface area contributed by atoms with Gasteiger partial charge in [0.05, 0.1) is 16.5 Å². The van der Waals surface area contributed by atoms with Crippen LogP contribution in [0.5, 0.6) is 5.75 Å². The smallest absolute Gasteiger partial charge is 0.348 e. The third-order valence-corrected chi connectivity index (χ3v) is 5.06. The van der Waals surface area contributed by atoms with Crippen LogP contribution in [0.4, 0.5) is 0 Å². The monoisotopic (exact) mass is 410 g/mol. The molecule has 6 heteroatoms. The zero-order valence-corrected chi connectivity index (χ0v) is 16.0. The average Bonchev–Trinajstić information content (AvgIpc) is 3.21. The van der Waals surface area contributed by atoms with Gasteiger partial charge in [-0.05, 0) is 24.3 Å². The molecular formula is C25H14O6. The first-order chi connectivity index (χ1) is 15.1. The molecular weight excluding hydrogens is 396 g/mol. The quantitative estimate of drug-likeness (QED) is 0.340. The first-order valence-corrected chi connectivity index (χ1v) is 9.47. The first-order valence-electron chi connectivity index (χ1n) is 9.47. The number of rotatable bonds is 4. The van der Waals surface area contributed by atoms with Crippen molar-refractivity contribution in [2.45, 2.75) is 0 Å². The molecule has 0 aliphatic heterocycles. The number of phenolic OH excluding ortho intramolecular Hbond substituents is 1. The highest BCUT2D eigenvalue weighted by molar-refractivity contribution is 6.25. The van der Waals surface area contributed by atoms with Crippen LogP contribution >= 0.6 is 0 Å². The van der Waals surface area contributed by atoms with Crippen LogP contribution in [0.2, 0.25) is 0 Å². The van der Waals surface area contributed by atoms with Crippen LogP contribution in [0.15, 0.2) is 92.5 Å². The summed E-state index contributed by atoms with van der Waals surface area (Å²) in [5, 5.41) is 10.5. The Hall–Kier alpha value is -4.45. The second-order valence-electron chi connectivity index (χ2n) is 6.94. The lowest BCUT2D eigenvalue weighted by Gasteiger charge is -2.04. The number of aromatic hydroxyl groups is 1. The van der Waals surface area contributed by atoms with E-state index in [0.717, 1.165) is 0 Å². The van der Waals surface area contributed by atoms with Gasteiger partial charge in [-0.1, -0.05) is 54.6 Å². The Morgan fingerprint density at radius 1 is 0.742 bits per heavy atom. The number of para-hydroxylation sites is 2. The number of furan rings is 1. The predicted octanol–water partition coefficient (Wildman–Crippen LogP) is 4.71. The van der Waals surface area contributed by atoms with E-state index in [-0.39, 0.29) is 44.8 Å². The fraction of sp³-hybridized carbons (Fsp3) is 0. The Labute approximate surface area is 175 Å². The van der Waals surface area contributed by atoms with Crippen molar-refractivity contribution in [3.63, 3.8) is 0 Å². The third kappa shape index (κ3) is 2.93. The lowest BCUT2D eigenvalue weighted by atomic mass is 9.97. The summed E-state index contributed by atoms with van der Waals surface area (Å²) in [5.74, 6) is -1.85. The van der Waals surface area contributed by atoms with Crippen LogP contribution in [0, 0.1) is 0 Å². The number of ketones is 2. The van der Waals surface area contributed by atoms with E-state index in [0.29, 0.717) is 5.39 Å². The van der Waals surface area contributed by atoms with Crippen molar-refractivity contribution in [1.29, 1.82) is 0 Å². The van der Waals surface area contributed by atoms with Gasteiger partial charge < -0.3 is 13.9 Å². The zero-order chi connectivity index (χ0) is 21.5. The van der Waals surface area contributed by atoms with Crippen LogP contribution in [0.25, 0.3) is 21.9 Å². The summed E-state index contributed by atoms with van der Waals surface area (Å²) >= 11 is 0. The fourth-order valence-corrected chi connectivity index (χ4v) is 3.61. The van der Waals surface area contributed by atoms with Gasteiger partial charge in [0.1, 0.15) is 16.7 Å². The van der Waals surface area contributed by atoms with E-state index in [4.69, 9.17) is 8.83 Å². The number of phenols is 1. The van der Waals surface area contributed by atoms with Crippen LogP contribution < -0.4 is 5.63 Å². The minimum Gasteiger partial charge on any atom is -0.507 e. The van der Waals surface area contributed by atoms with E-state index in [1.807, 2.05) is 0 Å². The molecule has 3 aromatic carbocycles. The number of carbonyl (C=O) groups excluding carboxylic acids is 2. The van der Waals surface area contributed by atoms with Crippen LogP contribution in [0.1, 0.15) is 32.0 Å². The second kappa shape index (κ2) is 7.11. The SMILES string of the molecule is O=C(c1ccccc1O)c1oc2c(c1C(=O)c1ccccc1)c(=O)oc1ccccc12. The number of hydrogen-bond donors (Lipinski definition) is 1. The molecule has 0 fully saturated rings. The molecule has 0 bridgehead atoms. The molecule has 5 aromatic rings. The van der Waals surface area contributed by atoms with E-state index < -0.39 is 17.2 Å². The van der Waals surface area contributed by atoms with Crippen molar-refractivity contribution in [2.75, 3.05) is 0 Å². The molecule has 0 unspecified atom stereocenters. The minimum absolute atomic E-state index is 0.0441. The Morgan fingerprint density at radius 2 is 1.42 bits per heavy atom. The van der Waals surface area contributed by atoms with Gasteiger partial charge in [-0.15, -0.1) is 0 Å². The molecule has 2 heterocycles. The number of fused-ring (bicyclic) bond motifs is 3. The molecule has 0 amide bonds. The van der Waals surface area contributed by atoms with Crippen LogP contribution in [-0.4, -0.2) is 16.7 Å². The van der Waals surface area contributed by atoms with Crippen molar-refractivity contribution in [3.8, 4) is 5.75 Å². The maximum Gasteiger partial charge on any atom is 0.348 e. The summed E-state index contributed by atoms with van der Waals surface area (Å²) in [6.45, 7) is 0. The van der Waals surface area contributed by atoms with Crippen molar-refractivity contribution in [2.24, 2.45) is 0 Å². The predicted molar refractivity (Wildman–Crippen MR) is 114 cm³/mol. The molecule has 0 aliphatic carbocycles. The molecule has 0 saturated heterocycles. The molecule has 0 aliphatic rings. The van der Waals surface area contributed by atoms with Crippen LogP contribution in [0.3, 0.4) is 0 Å². The summed E-state index contributed by atoms with van der Waals surface area (Å²) < 4.78 is 11.3. The van der Waals surface area contributed by atoms with E-state index in [9.17, 15) is 19.5 Å². The molecule has 0 radical (unpaired) electrons. The molecule has 2 aromatic heterocycles. The van der Waals surface area contributed by atoms with E-state index in [1.54, 1.807) is 66.7 Å². The van der Waals surface area contributed by atoms with Gasteiger partial charge in [-0.3, -0.25) is 9.59 Å². The lowest BCUT2D eigenvalue weighted by molar-refractivity contribution is 0.0984. The van der Waals surface area contributed by atoms with E-state index in [2.05, 4.69) is 0 Å². The van der Waals surface area contributed by atoms with Crippen molar-refractivity contribution < 1.29 is 23.5 Å². The lowest BCUT2D eigenvalue weighted by Crippen LogP contribution is -2.12. The van der Waals surface area contributed by atoms with E-state index in [1.165, 1.54) is 12.1 Å². The van der Waals surface area contributed by atoms with Gasteiger partial charge in [-0.25, -0.2) is 4.79 Å². The Kier molecular flexibility index (Phi) is 4.26. The van der Waals surface area contributed by atoms with Crippen LogP contribution in [-0.2, 0) is 0 Å². The Balaban J connectivity index is 1.88. The Bertz CT molecular complexity index is 1540. The highest BCUT2D eigenvalue weighted by atomic mass is 16.4. The number of carbonyl (C=O) groups is 2. The summed E-state index contributed by atoms with van der Waals surface area (Å²) in [4.78, 5) is 39.5. The molecule has 0 spiro atoms. The molecule has 0 atom stereocenters. The minimum atomic E-state index is -0.784. The topological polar surface area (TPSA) is 97.7 Å². The summed E-state index contributed by atoms with van der Waals surface area (Å²) in [7, 11) is 0. The van der Waals surface area contributed by atoms with Crippen molar-refractivity contribution >= 4 is 33.5 Å². The summed E-state index contributed by atoms with van der Waals surface area (Å²) in [5.41, 5.74) is -0.373. The average molecular weight is 410 g/mol. The summed E-state index contributed by atoms with van der Waals surface area (Å²) in [6, 6.07) is 20.9. The van der Waals surface area contributed by atoms with Gasteiger partial charge in [0.2, 0.25) is 5.78 Å². The molecule has 1 N–H and O–H groups in total. The molecule has 5 rings (SSSR count). The van der Waals surface area contributed by atoms with Gasteiger partial charge >= 0.3 is 5.63 Å². The zero-order valence-electron chi connectivity index (χ0n) is 16.0. The highest BCUT2D eigenvalue weighted by Crippen LogP contribution is 2.33. The van der Waals surface area contributed by atoms with Crippen molar-refractivity contribution in [1.82, 2.24) is 0 Å². The van der Waals surface area contributed by atoms with Gasteiger partial charge in [0.25, 0.3) is 0 Å². The largest absolute Gasteiger partial charge is 0.507 e. The molecule has 0 saturated carbocycles. The molecule has 6 nitrogen and oxygen atoms in total. The van der Waals surface area contributed by atoms with Crippen molar-refractivity contribution in [3.05, 3.63) is 112 Å². The fourth-order valence-electron chi connectivity index (χ4n) is 3.61. The van der Waals surface area contributed by atoms with Gasteiger partial charge in [-0.2, -0.15) is 0 Å². The highest BCUT2D eigenvalue weighted by Gasteiger charge is 2.31. The van der Waals surface area contributed by atoms with E-state index >= 15 is 0 Å².